The highest BCUT2D eigenvalue weighted by molar-refractivity contribution is 8.18. The van der Waals surface area contributed by atoms with E-state index in [0.29, 0.717) is 17.2 Å². The summed E-state index contributed by atoms with van der Waals surface area (Å²) in [5.41, 5.74) is 1.35. The van der Waals surface area contributed by atoms with Crippen molar-refractivity contribution in [3.8, 4) is 11.5 Å². The zero-order chi connectivity index (χ0) is 28.9. The van der Waals surface area contributed by atoms with Crippen LogP contribution in [0.3, 0.4) is 0 Å². The monoisotopic (exact) mass is 581 g/mol. The molecule has 1 aliphatic rings. The lowest BCUT2D eigenvalue weighted by Gasteiger charge is -2.21. The number of para-hydroxylation sites is 2. The maximum Gasteiger partial charge on any atom is 0.293 e. The number of carbonyl (C=O) groups excluding carboxylic acids is 3. The minimum atomic E-state index is -3.91. The van der Waals surface area contributed by atoms with Gasteiger partial charge < -0.3 is 14.8 Å². The Labute approximate surface area is 236 Å². The number of sulfonamides is 1. The van der Waals surface area contributed by atoms with Gasteiger partial charge in [0.25, 0.3) is 27.1 Å². The van der Waals surface area contributed by atoms with E-state index in [2.05, 4.69) is 5.32 Å². The Morgan fingerprint density at radius 3 is 2.30 bits per heavy atom. The minimum absolute atomic E-state index is 0.00100. The summed E-state index contributed by atoms with van der Waals surface area (Å²) in [6, 6.07) is 19.3. The molecule has 0 bridgehead atoms. The van der Waals surface area contributed by atoms with Crippen LogP contribution < -0.4 is 19.1 Å². The van der Waals surface area contributed by atoms with Crippen molar-refractivity contribution in [3.63, 3.8) is 0 Å². The fourth-order valence-electron chi connectivity index (χ4n) is 3.88. The number of thioether (sulfide) groups is 1. The van der Waals surface area contributed by atoms with E-state index in [4.69, 9.17) is 9.47 Å². The van der Waals surface area contributed by atoms with Gasteiger partial charge in [0.15, 0.2) is 0 Å². The van der Waals surface area contributed by atoms with Gasteiger partial charge in [-0.25, -0.2) is 8.42 Å². The first-order valence-electron chi connectivity index (χ1n) is 12.1. The summed E-state index contributed by atoms with van der Waals surface area (Å²) < 4.78 is 37.7. The van der Waals surface area contributed by atoms with Crippen molar-refractivity contribution in [2.45, 2.75) is 4.90 Å². The van der Waals surface area contributed by atoms with Gasteiger partial charge in [-0.15, -0.1) is 0 Å². The zero-order valence-electron chi connectivity index (χ0n) is 22.0. The van der Waals surface area contributed by atoms with Gasteiger partial charge in [0.05, 0.1) is 29.7 Å². The highest BCUT2D eigenvalue weighted by Crippen LogP contribution is 2.33. The number of ether oxygens (including phenoxy) is 2. The second-order valence-electron chi connectivity index (χ2n) is 8.53. The fraction of sp³-hybridized carbons (Fsp3) is 0.179. The van der Waals surface area contributed by atoms with E-state index in [1.807, 2.05) is 0 Å². The molecule has 3 aromatic rings. The van der Waals surface area contributed by atoms with E-state index < -0.39 is 27.1 Å². The molecule has 1 saturated heterocycles. The van der Waals surface area contributed by atoms with Crippen LogP contribution in [0.4, 0.5) is 10.5 Å². The van der Waals surface area contributed by atoms with Crippen LogP contribution >= 0.6 is 11.8 Å². The Hall–Kier alpha value is -4.29. The smallest absolute Gasteiger partial charge is 0.293 e. The number of nitrogens with one attached hydrogen (secondary N) is 1. The molecule has 1 N–H and O–H groups in total. The molecular formula is C28H27N3O7S2. The third-order valence-corrected chi connectivity index (χ3v) is 8.80. The third-order valence-electron chi connectivity index (χ3n) is 6.11. The number of rotatable bonds is 10. The Kier molecular flexibility index (Phi) is 8.80. The SMILES string of the molecule is COc1ccc(C=C2SC(=O)N(CCNC(=O)c3ccc(S(=O)(=O)N(C)c4ccccc4OC)cc3)C2=O)cc1. The first-order chi connectivity index (χ1) is 19.1. The largest absolute Gasteiger partial charge is 0.497 e. The number of imide groups is 1. The van der Waals surface area contributed by atoms with Crippen LogP contribution in [0.15, 0.2) is 82.6 Å². The molecular weight excluding hydrogens is 554 g/mol. The van der Waals surface area contributed by atoms with Gasteiger partial charge in [-0.2, -0.15) is 0 Å². The van der Waals surface area contributed by atoms with E-state index in [0.717, 1.165) is 26.5 Å². The fourth-order valence-corrected chi connectivity index (χ4v) is 5.95. The maximum absolute atomic E-state index is 13.1. The van der Waals surface area contributed by atoms with Crippen LogP contribution in [-0.4, -0.2) is 64.7 Å². The predicted octanol–water partition coefficient (Wildman–Crippen LogP) is 4.00. The summed E-state index contributed by atoms with van der Waals surface area (Å²) in [6.45, 7) is 0.0236. The van der Waals surface area contributed by atoms with Crippen molar-refractivity contribution in [3.05, 3.63) is 88.8 Å². The van der Waals surface area contributed by atoms with Gasteiger partial charge in [0.1, 0.15) is 11.5 Å². The Bertz CT molecular complexity index is 1550. The lowest BCUT2D eigenvalue weighted by molar-refractivity contribution is -0.122. The third kappa shape index (κ3) is 6.13. The number of benzene rings is 3. The molecule has 40 heavy (non-hydrogen) atoms. The highest BCUT2D eigenvalue weighted by Gasteiger charge is 2.34. The van der Waals surface area contributed by atoms with Crippen molar-refractivity contribution in [1.29, 1.82) is 0 Å². The second-order valence-corrected chi connectivity index (χ2v) is 11.5. The molecule has 12 heteroatoms. The summed E-state index contributed by atoms with van der Waals surface area (Å²) >= 11 is 0.834. The number of anilines is 1. The number of hydrogen-bond donors (Lipinski definition) is 1. The Morgan fingerprint density at radius 2 is 1.65 bits per heavy atom. The lowest BCUT2D eigenvalue weighted by atomic mass is 10.2. The van der Waals surface area contributed by atoms with Crippen molar-refractivity contribution in [1.82, 2.24) is 10.2 Å². The van der Waals surface area contributed by atoms with Gasteiger partial charge in [-0.3, -0.25) is 23.6 Å². The first kappa shape index (κ1) is 28.7. The second kappa shape index (κ2) is 12.3. The number of nitrogens with zero attached hydrogens (tertiary/aromatic N) is 2. The average Bonchev–Trinajstić information content (AvgIpc) is 3.24. The zero-order valence-corrected chi connectivity index (χ0v) is 23.6. The van der Waals surface area contributed by atoms with Gasteiger partial charge in [0, 0.05) is 25.7 Å². The van der Waals surface area contributed by atoms with E-state index in [1.54, 1.807) is 61.7 Å². The van der Waals surface area contributed by atoms with Crippen molar-refractivity contribution >= 4 is 50.6 Å². The first-order valence-corrected chi connectivity index (χ1v) is 14.3. The van der Waals surface area contributed by atoms with E-state index in [-0.39, 0.29) is 28.5 Å². The van der Waals surface area contributed by atoms with Crippen LogP contribution in [0.25, 0.3) is 6.08 Å². The van der Waals surface area contributed by atoms with Gasteiger partial charge in [-0.05, 0) is 71.9 Å². The van der Waals surface area contributed by atoms with Crippen LogP contribution in [0, 0.1) is 0 Å². The summed E-state index contributed by atoms with van der Waals surface area (Å²) in [5.74, 6) is 0.176. The molecule has 0 aliphatic carbocycles. The number of hydrogen-bond acceptors (Lipinski definition) is 8. The molecule has 1 fully saturated rings. The topological polar surface area (TPSA) is 122 Å². The molecule has 0 radical (unpaired) electrons. The Morgan fingerprint density at radius 1 is 0.975 bits per heavy atom. The van der Waals surface area contributed by atoms with Crippen LogP contribution in [-0.2, 0) is 14.8 Å². The summed E-state index contributed by atoms with van der Waals surface area (Å²) in [5, 5.41) is 2.24. The van der Waals surface area contributed by atoms with E-state index in [1.165, 1.54) is 38.4 Å². The van der Waals surface area contributed by atoms with Gasteiger partial charge in [-0.1, -0.05) is 24.3 Å². The summed E-state index contributed by atoms with van der Waals surface area (Å²) in [7, 11) is 0.524. The average molecular weight is 582 g/mol. The van der Waals surface area contributed by atoms with Gasteiger partial charge >= 0.3 is 0 Å². The summed E-state index contributed by atoms with van der Waals surface area (Å²) in [4.78, 5) is 39.1. The molecule has 0 aromatic heterocycles. The molecule has 1 heterocycles. The quantitative estimate of drug-likeness (QED) is 0.357. The van der Waals surface area contributed by atoms with Crippen LogP contribution in [0.1, 0.15) is 15.9 Å². The molecule has 1 aliphatic heterocycles. The molecule has 3 aromatic carbocycles. The number of methoxy groups -OCH3 is 2. The number of carbonyl (C=O) groups is 3. The molecule has 3 amide bonds. The van der Waals surface area contributed by atoms with Crippen molar-refractivity contribution < 1.29 is 32.3 Å². The van der Waals surface area contributed by atoms with Crippen LogP contribution in [0.5, 0.6) is 11.5 Å². The number of amides is 3. The summed E-state index contributed by atoms with van der Waals surface area (Å²) in [6.07, 6.45) is 1.63. The van der Waals surface area contributed by atoms with Crippen molar-refractivity contribution in [2.75, 3.05) is 38.7 Å². The molecule has 0 atom stereocenters. The standard InChI is InChI=1S/C28H27N3O7S2/c1-30(23-6-4-5-7-24(23)38-3)40(35,36)22-14-10-20(11-15-22)26(32)29-16-17-31-27(33)25(39-28(31)34)18-19-8-12-21(37-2)13-9-19/h4-15,18H,16-17H2,1-3H3,(H,29,32). The van der Waals surface area contributed by atoms with E-state index >= 15 is 0 Å². The highest BCUT2D eigenvalue weighted by atomic mass is 32.2. The molecule has 0 saturated carbocycles. The van der Waals surface area contributed by atoms with Crippen molar-refractivity contribution in [2.24, 2.45) is 0 Å². The Balaban J connectivity index is 1.35. The molecule has 4 rings (SSSR count). The van der Waals surface area contributed by atoms with Gasteiger partial charge in [0.2, 0.25) is 0 Å². The molecule has 10 nitrogen and oxygen atoms in total. The minimum Gasteiger partial charge on any atom is -0.497 e. The maximum atomic E-state index is 13.1. The predicted molar refractivity (Wildman–Crippen MR) is 153 cm³/mol. The lowest BCUT2D eigenvalue weighted by Crippen LogP contribution is -2.37. The normalized spacial score (nSPS) is 14.4. The molecule has 0 spiro atoms. The van der Waals surface area contributed by atoms with Crippen LogP contribution in [0.2, 0.25) is 0 Å². The van der Waals surface area contributed by atoms with E-state index in [9.17, 15) is 22.8 Å². The molecule has 0 unspecified atom stereocenters. The molecule has 208 valence electrons.